The van der Waals surface area contributed by atoms with Crippen LogP contribution in [0.3, 0.4) is 0 Å². The van der Waals surface area contributed by atoms with E-state index >= 15 is 0 Å². The number of aliphatic hydroxyl groups is 1. The van der Waals surface area contributed by atoms with Crippen LogP contribution in [0.4, 0.5) is 0 Å². The molecule has 4 nitrogen and oxygen atoms in total. The van der Waals surface area contributed by atoms with E-state index in [9.17, 15) is 9.90 Å². The van der Waals surface area contributed by atoms with Gasteiger partial charge in [0.1, 0.15) is 5.75 Å². The third kappa shape index (κ3) is 3.56. The lowest BCUT2D eigenvalue weighted by atomic mass is 10.1. The van der Waals surface area contributed by atoms with E-state index in [1.807, 2.05) is 12.1 Å². The summed E-state index contributed by atoms with van der Waals surface area (Å²) in [5, 5.41) is 12.1. The SMILES string of the molecule is O=C(NCC1(CO)CC1)c1ccc(OC2CCCC2)cc1. The second kappa shape index (κ2) is 6.06. The van der Waals surface area contributed by atoms with Crippen LogP contribution in [-0.4, -0.2) is 30.3 Å². The molecule has 2 aliphatic rings. The van der Waals surface area contributed by atoms with Crippen LogP contribution in [-0.2, 0) is 0 Å². The second-order valence-electron chi connectivity index (χ2n) is 6.39. The van der Waals surface area contributed by atoms with Gasteiger partial charge in [-0.3, -0.25) is 4.79 Å². The molecule has 0 radical (unpaired) electrons. The first-order chi connectivity index (χ1) is 10.2. The van der Waals surface area contributed by atoms with Crippen molar-refractivity contribution in [2.75, 3.05) is 13.2 Å². The maximum atomic E-state index is 12.1. The fourth-order valence-corrected chi connectivity index (χ4v) is 2.82. The molecular formula is C17H23NO3. The van der Waals surface area contributed by atoms with E-state index in [0.29, 0.717) is 18.2 Å². The van der Waals surface area contributed by atoms with Gasteiger partial charge in [0.2, 0.25) is 0 Å². The highest BCUT2D eigenvalue weighted by Crippen LogP contribution is 2.44. The number of carbonyl (C=O) groups excluding carboxylic acids is 1. The van der Waals surface area contributed by atoms with Crippen molar-refractivity contribution in [3.8, 4) is 5.75 Å². The van der Waals surface area contributed by atoms with Crippen LogP contribution in [0.15, 0.2) is 24.3 Å². The first-order valence-corrected chi connectivity index (χ1v) is 7.87. The molecule has 114 valence electrons. The van der Waals surface area contributed by atoms with Gasteiger partial charge in [0.15, 0.2) is 0 Å². The molecule has 0 aromatic heterocycles. The summed E-state index contributed by atoms with van der Waals surface area (Å²) < 4.78 is 5.89. The van der Waals surface area contributed by atoms with Crippen molar-refractivity contribution < 1.29 is 14.6 Å². The molecule has 2 N–H and O–H groups in total. The Morgan fingerprint density at radius 1 is 1.24 bits per heavy atom. The van der Waals surface area contributed by atoms with E-state index in [4.69, 9.17) is 4.74 Å². The molecule has 0 aliphatic heterocycles. The fourth-order valence-electron chi connectivity index (χ4n) is 2.82. The molecule has 0 unspecified atom stereocenters. The minimum absolute atomic E-state index is 0.0544. The predicted octanol–water partition coefficient (Wildman–Crippen LogP) is 2.51. The second-order valence-corrected chi connectivity index (χ2v) is 6.39. The zero-order valence-corrected chi connectivity index (χ0v) is 12.3. The first-order valence-electron chi connectivity index (χ1n) is 7.87. The Morgan fingerprint density at radius 3 is 2.48 bits per heavy atom. The van der Waals surface area contributed by atoms with E-state index < -0.39 is 0 Å². The van der Waals surface area contributed by atoms with Gasteiger partial charge >= 0.3 is 0 Å². The summed E-state index contributed by atoms with van der Waals surface area (Å²) in [7, 11) is 0. The highest BCUT2D eigenvalue weighted by molar-refractivity contribution is 5.94. The Labute approximate surface area is 125 Å². The fraction of sp³-hybridized carbons (Fsp3) is 0.588. The molecule has 3 rings (SSSR count). The van der Waals surface area contributed by atoms with Crippen molar-refractivity contribution in [3.05, 3.63) is 29.8 Å². The summed E-state index contributed by atoms with van der Waals surface area (Å²) in [4.78, 5) is 12.1. The van der Waals surface area contributed by atoms with Crippen LogP contribution >= 0.6 is 0 Å². The van der Waals surface area contributed by atoms with E-state index in [1.165, 1.54) is 12.8 Å². The number of benzene rings is 1. The lowest BCUT2D eigenvalue weighted by Gasteiger charge is -2.14. The summed E-state index contributed by atoms with van der Waals surface area (Å²) in [6.07, 6.45) is 7.09. The molecule has 2 saturated carbocycles. The molecular weight excluding hydrogens is 266 g/mol. The summed E-state index contributed by atoms with van der Waals surface area (Å²) in [6.45, 7) is 0.712. The average Bonchev–Trinajstić information content (AvgIpc) is 3.13. The Kier molecular flexibility index (Phi) is 4.15. The molecule has 0 bridgehead atoms. The summed E-state index contributed by atoms with van der Waals surface area (Å²) >= 11 is 0. The van der Waals surface area contributed by atoms with Crippen LogP contribution in [0, 0.1) is 5.41 Å². The minimum Gasteiger partial charge on any atom is -0.490 e. The Hall–Kier alpha value is -1.55. The largest absolute Gasteiger partial charge is 0.490 e. The van der Waals surface area contributed by atoms with E-state index in [1.54, 1.807) is 12.1 Å². The predicted molar refractivity (Wildman–Crippen MR) is 80.4 cm³/mol. The highest BCUT2D eigenvalue weighted by atomic mass is 16.5. The molecule has 21 heavy (non-hydrogen) atoms. The van der Waals surface area contributed by atoms with Crippen LogP contribution in [0.5, 0.6) is 5.75 Å². The van der Waals surface area contributed by atoms with E-state index in [0.717, 1.165) is 31.4 Å². The smallest absolute Gasteiger partial charge is 0.251 e. The van der Waals surface area contributed by atoms with Gasteiger partial charge in [0, 0.05) is 17.5 Å². The number of aliphatic hydroxyl groups excluding tert-OH is 1. The van der Waals surface area contributed by atoms with Crippen LogP contribution in [0.25, 0.3) is 0 Å². The van der Waals surface area contributed by atoms with Gasteiger partial charge in [0.25, 0.3) is 5.91 Å². The Balaban J connectivity index is 1.52. The zero-order chi connectivity index (χ0) is 14.7. The molecule has 2 fully saturated rings. The topological polar surface area (TPSA) is 58.6 Å². The summed E-state index contributed by atoms with van der Waals surface area (Å²) in [5.41, 5.74) is 0.587. The zero-order valence-electron chi connectivity index (χ0n) is 12.3. The molecule has 0 spiro atoms. The van der Waals surface area contributed by atoms with Gasteiger partial charge < -0.3 is 15.2 Å². The lowest BCUT2D eigenvalue weighted by Crippen LogP contribution is -2.31. The van der Waals surface area contributed by atoms with Crippen molar-refractivity contribution in [1.29, 1.82) is 0 Å². The number of hydrogen-bond donors (Lipinski definition) is 2. The summed E-state index contributed by atoms with van der Waals surface area (Å²) in [6, 6.07) is 7.34. The summed E-state index contributed by atoms with van der Waals surface area (Å²) in [5.74, 6) is 0.759. The number of ether oxygens (including phenoxy) is 1. The van der Waals surface area contributed by atoms with Crippen molar-refractivity contribution in [3.63, 3.8) is 0 Å². The molecule has 2 aliphatic carbocycles. The van der Waals surface area contributed by atoms with Crippen LogP contribution < -0.4 is 10.1 Å². The average molecular weight is 289 g/mol. The van der Waals surface area contributed by atoms with Gasteiger partial charge in [0.05, 0.1) is 12.7 Å². The molecule has 1 aromatic rings. The maximum Gasteiger partial charge on any atom is 0.251 e. The molecule has 0 saturated heterocycles. The number of amides is 1. The first kappa shape index (κ1) is 14.4. The van der Waals surface area contributed by atoms with Gasteiger partial charge in [-0.1, -0.05) is 0 Å². The van der Waals surface area contributed by atoms with Crippen LogP contribution in [0.1, 0.15) is 48.9 Å². The minimum atomic E-state index is -0.0814. The standard InChI is InChI=1S/C17H23NO3/c19-12-17(9-10-17)11-18-16(20)13-5-7-15(8-6-13)21-14-3-1-2-4-14/h5-8,14,19H,1-4,9-12H2,(H,18,20). The molecule has 4 heteroatoms. The molecule has 0 heterocycles. The van der Waals surface area contributed by atoms with Gasteiger partial charge in [-0.2, -0.15) is 0 Å². The Bertz CT molecular complexity index is 487. The van der Waals surface area contributed by atoms with E-state index in [2.05, 4.69) is 5.32 Å². The van der Waals surface area contributed by atoms with Crippen molar-refractivity contribution in [2.24, 2.45) is 5.41 Å². The van der Waals surface area contributed by atoms with Crippen molar-refractivity contribution >= 4 is 5.91 Å². The third-order valence-electron chi connectivity index (χ3n) is 4.64. The number of rotatable bonds is 6. The van der Waals surface area contributed by atoms with Crippen molar-refractivity contribution in [1.82, 2.24) is 5.32 Å². The Morgan fingerprint density at radius 2 is 1.90 bits per heavy atom. The van der Waals surface area contributed by atoms with Gasteiger partial charge in [-0.05, 0) is 62.8 Å². The number of hydrogen-bond acceptors (Lipinski definition) is 3. The monoisotopic (exact) mass is 289 g/mol. The molecule has 1 aromatic carbocycles. The normalized spacial score (nSPS) is 20.2. The lowest BCUT2D eigenvalue weighted by molar-refractivity contribution is 0.0935. The quantitative estimate of drug-likeness (QED) is 0.846. The maximum absolute atomic E-state index is 12.1. The van der Waals surface area contributed by atoms with Crippen molar-refractivity contribution in [2.45, 2.75) is 44.6 Å². The molecule has 1 amide bonds. The van der Waals surface area contributed by atoms with Gasteiger partial charge in [-0.15, -0.1) is 0 Å². The van der Waals surface area contributed by atoms with Gasteiger partial charge in [-0.25, -0.2) is 0 Å². The van der Waals surface area contributed by atoms with Crippen LogP contribution in [0.2, 0.25) is 0 Å². The highest BCUT2D eigenvalue weighted by Gasteiger charge is 2.42. The number of nitrogens with one attached hydrogen (secondary N) is 1. The number of carbonyl (C=O) groups is 1. The van der Waals surface area contributed by atoms with E-state index in [-0.39, 0.29) is 17.9 Å². The third-order valence-corrected chi connectivity index (χ3v) is 4.64. The molecule has 0 atom stereocenters.